The highest BCUT2D eigenvalue weighted by atomic mass is 32.5. The molecule has 1 aliphatic rings. The normalized spacial score (nSPS) is 25.6. The topological polar surface area (TPSA) is 103 Å². The van der Waals surface area contributed by atoms with Gasteiger partial charge in [-0.2, -0.15) is 0 Å². The minimum absolute atomic E-state index is 0.0735. The second-order valence-corrected chi connectivity index (χ2v) is 12.1. The smallest absolute Gasteiger partial charge is 0.330 e. The molecule has 0 aliphatic carbocycles. The van der Waals surface area contributed by atoms with E-state index in [4.69, 9.17) is 25.6 Å². The minimum Gasteiger partial charge on any atom is -0.352 e. The Hall–Kier alpha value is -0.830. The molecule has 1 aromatic rings. The third-order valence-electron chi connectivity index (χ3n) is 4.11. The van der Waals surface area contributed by atoms with Crippen molar-refractivity contribution < 1.29 is 18.7 Å². The fraction of sp³-hybridized carbons (Fsp3) is 0.778. The zero-order valence-electron chi connectivity index (χ0n) is 17.5. The predicted molar refractivity (Wildman–Crippen MR) is 111 cm³/mol. The lowest BCUT2D eigenvalue weighted by atomic mass is 9.87. The molecule has 0 bridgehead atoms. The van der Waals surface area contributed by atoms with Gasteiger partial charge in [0.1, 0.15) is 6.23 Å². The molecule has 1 fully saturated rings. The SMILES string of the molecule is Cc1cn([C@H]2C[C@H](OP(O)(=S)OC(C)(C)C)[C@@H](CC(C)(C)C)O2)c(=O)[nH]c1=O. The van der Waals surface area contributed by atoms with E-state index in [1.807, 2.05) is 0 Å². The first-order chi connectivity index (χ1) is 12.6. The van der Waals surface area contributed by atoms with E-state index in [1.165, 1.54) is 10.8 Å². The van der Waals surface area contributed by atoms with Crippen LogP contribution < -0.4 is 11.2 Å². The van der Waals surface area contributed by atoms with E-state index in [1.54, 1.807) is 27.7 Å². The number of aromatic nitrogens is 2. The highest BCUT2D eigenvalue weighted by molar-refractivity contribution is 8.07. The summed E-state index contributed by atoms with van der Waals surface area (Å²) in [5.74, 6) is 0. The Balaban J connectivity index is 2.30. The van der Waals surface area contributed by atoms with Crippen LogP contribution in [0.2, 0.25) is 0 Å². The summed E-state index contributed by atoms with van der Waals surface area (Å²) in [4.78, 5) is 36.7. The van der Waals surface area contributed by atoms with E-state index in [2.05, 4.69) is 25.8 Å². The Labute approximate surface area is 170 Å². The zero-order chi connectivity index (χ0) is 21.5. The molecule has 1 aliphatic heterocycles. The van der Waals surface area contributed by atoms with Crippen LogP contribution in [0.3, 0.4) is 0 Å². The average Bonchev–Trinajstić information content (AvgIpc) is 2.79. The molecule has 2 N–H and O–H groups in total. The lowest BCUT2D eigenvalue weighted by molar-refractivity contribution is -0.0389. The monoisotopic (exact) mass is 434 g/mol. The largest absolute Gasteiger partial charge is 0.352 e. The van der Waals surface area contributed by atoms with Crippen molar-refractivity contribution in [3.8, 4) is 0 Å². The van der Waals surface area contributed by atoms with Gasteiger partial charge in [0.15, 0.2) is 0 Å². The van der Waals surface area contributed by atoms with E-state index in [0.29, 0.717) is 18.4 Å². The van der Waals surface area contributed by atoms with Crippen molar-refractivity contribution in [2.45, 2.75) is 85.3 Å². The van der Waals surface area contributed by atoms with Crippen LogP contribution in [0.5, 0.6) is 0 Å². The van der Waals surface area contributed by atoms with E-state index in [9.17, 15) is 14.5 Å². The first-order valence-electron chi connectivity index (χ1n) is 9.26. The van der Waals surface area contributed by atoms with Crippen LogP contribution in [0.15, 0.2) is 15.8 Å². The van der Waals surface area contributed by atoms with Gasteiger partial charge in [-0.3, -0.25) is 14.3 Å². The summed E-state index contributed by atoms with van der Waals surface area (Å²) in [6, 6.07) is 0. The highest BCUT2D eigenvalue weighted by Gasteiger charge is 2.42. The van der Waals surface area contributed by atoms with E-state index < -0.39 is 35.9 Å². The van der Waals surface area contributed by atoms with Crippen molar-refractivity contribution in [2.24, 2.45) is 5.41 Å². The molecule has 160 valence electrons. The van der Waals surface area contributed by atoms with Crippen LogP contribution in [-0.4, -0.2) is 32.3 Å². The molecule has 2 heterocycles. The molecule has 0 spiro atoms. The molecule has 10 heteroatoms. The molecule has 0 aromatic carbocycles. The number of rotatable bonds is 5. The number of hydrogen-bond acceptors (Lipinski definition) is 6. The van der Waals surface area contributed by atoms with Crippen molar-refractivity contribution in [3.05, 3.63) is 32.6 Å². The molecule has 0 radical (unpaired) electrons. The number of ether oxygens (including phenoxy) is 1. The molecule has 28 heavy (non-hydrogen) atoms. The zero-order valence-corrected chi connectivity index (χ0v) is 19.2. The van der Waals surface area contributed by atoms with Crippen molar-refractivity contribution in [2.75, 3.05) is 0 Å². The first kappa shape index (κ1) is 23.4. The standard InChI is InChI=1S/C18H31N2O6PS/c1-11-10-20(16(22)19-15(11)21)14-8-12(13(24-14)9-17(2,3)4)25-27(23,28)26-18(5,6)7/h10,12-14H,8-9H2,1-7H3,(H,23,28)(H,19,21,22)/t12-,13+,14+,27?/m0/s1. The summed E-state index contributed by atoms with van der Waals surface area (Å²) in [5.41, 5.74) is -1.30. The van der Waals surface area contributed by atoms with Gasteiger partial charge >= 0.3 is 12.4 Å². The molecule has 0 saturated carbocycles. The maximum Gasteiger partial charge on any atom is 0.330 e. The number of aryl methyl sites for hydroxylation is 1. The quantitative estimate of drug-likeness (QED) is 0.687. The maximum atomic E-state index is 12.2. The van der Waals surface area contributed by atoms with Gasteiger partial charge in [-0.15, -0.1) is 0 Å². The van der Waals surface area contributed by atoms with Gasteiger partial charge in [-0.25, -0.2) is 4.79 Å². The average molecular weight is 434 g/mol. The van der Waals surface area contributed by atoms with Gasteiger partial charge in [-0.1, -0.05) is 20.8 Å². The minimum atomic E-state index is -3.51. The maximum absolute atomic E-state index is 12.2. The van der Waals surface area contributed by atoms with Crippen LogP contribution in [0, 0.1) is 12.3 Å². The Morgan fingerprint density at radius 1 is 1.32 bits per heavy atom. The number of aromatic amines is 1. The molecular formula is C18H31N2O6PS. The van der Waals surface area contributed by atoms with Gasteiger partial charge in [0.25, 0.3) is 5.56 Å². The molecule has 2 rings (SSSR count). The summed E-state index contributed by atoms with van der Waals surface area (Å²) in [6.45, 7) is 9.68. The van der Waals surface area contributed by atoms with Gasteiger partial charge in [0.2, 0.25) is 0 Å². The molecule has 1 aromatic heterocycles. The summed E-state index contributed by atoms with van der Waals surface area (Å²) < 4.78 is 18.8. The van der Waals surface area contributed by atoms with Crippen molar-refractivity contribution >= 4 is 18.5 Å². The van der Waals surface area contributed by atoms with Crippen LogP contribution >= 0.6 is 6.72 Å². The first-order valence-corrected chi connectivity index (χ1v) is 11.8. The fourth-order valence-electron chi connectivity index (χ4n) is 3.11. The van der Waals surface area contributed by atoms with Crippen molar-refractivity contribution in [3.63, 3.8) is 0 Å². The van der Waals surface area contributed by atoms with E-state index in [0.717, 1.165) is 0 Å². The van der Waals surface area contributed by atoms with Crippen LogP contribution in [0.1, 0.15) is 66.2 Å². The Morgan fingerprint density at radius 3 is 2.46 bits per heavy atom. The van der Waals surface area contributed by atoms with Gasteiger partial charge < -0.3 is 18.7 Å². The van der Waals surface area contributed by atoms with Gasteiger partial charge in [-0.05, 0) is 51.3 Å². The third-order valence-corrected chi connectivity index (χ3v) is 5.91. The van der Waals surface area contributed by atoms with Gasteiger partial charge in [0, 0.05) is 18.2 Å². The van der Waals surface area contributed by atoms with Crippen LogP contribution in [0.25, 0.3) is 0 Å². The number of H-pyrrole nitrogens is 1. The predicted octanol–water partition coefficient (Wildman–Crippen LogP) is 2.99. The summed E-state index contributed by atoms with van der Waals surface area (Å²) >= 11 is 5.19. The van der Waals surface area contributed by atoms with Gasteiger partial charge in [0.05, 0.1) is 17.8 Å². The van der Waals surface area contributed by atoms with Crippen molar-refractivity contribution in [1.82, 2.24) is 9.55 Å². The molecule has 1 unspecified atom stereocenters. The lowest BCUT2D eigenvalue weighted by Gasteiger charge is -2.31. The summed E-state index contributed by atoms with van der Waals surface area (Å²) in [7, 11) is 0. The van der Waals surface area contributed by atoms with Crippen LogP contribution in [-0.2, 0) is 25.6 Å². The lowest BCUT2D eigenvalue weighted by Crippen LogP contribution is -2.33. The van der Waals surface area contributed by atoms with Crippen LogP contribution in [0.4, 0.5) is 0 Å². The Morgan fingerprint density at radius 2 is 1.93 bits per heavy atom. The number of nitrogens with zero attached hydrogens (tertiary/aromatic N) is 1. The number of nitrogens with one attached hydrogen (secondary N) is 1. The molecule has 1 saturated heterocycles. The summed E-state index contributed by atoms with van der Waals surface area (Å²) in [6.07, 6.45) is 0.853. The molecule has 4 atom stereocenters. The Kier molecular flexibility index (Phi) is 6.81. The second kappa shape index (κ2) is 8.13. The molecule has 8 nitrogen and oxygen atoms in total. The molecular weight excluding hydrogens is 403 g/mol. The van der Waals surface area contributed by atoms with E-state index >= 15 is 0 Å². The highest BCUT2D eigenvalue weighted by Crippen LogP contribution is 2.52. The summed E-state index contributed by atoms with van der Waals surface area (Å²) in [5, 5.41) is 0. The second-order valence-electron chi connectivity index (χ2n) is 9.42. The molecule has 0 amide bonds. The fourth-order valence-corrected chi connectivity index (χ4v) is 5.41. The number of hydrogen-bond donors (Lipinski definition) is 2. The van der Waals surface area contributed by atoms with Crippen molar-refractivity contribution in [1.29, 1.82) is 0 Å². The third kappa shape index (κ3) is 6.61. The Bertz CT molecular complexity index is 867. The van der Waals surface area contributed by atoms with E-state index in [-0.39, 0.29) is 11.5 Å².